The van der Waals surface area contributed by atoms with Crippen LogP contribution in [-0.2, 0) is 0 Å². The molecule has 26 heavy (non-hydrogen) atoms. The Labute approximate surface area is 157 Å². The Kier molecular flexibility index (Phi) is 5.80. The van der Waals surface area contributed by atoms with Crippen molar-refractivity contribution in [1.82, 2.24) is 14.9 Å². The van der Waals surface area contributed by atoms with E-state index >= 15 is 0 Å². The minimum absolute atomic E-state index is 0.427. The summed E-state index contributed by atoms with van der Waals surface area (Å²) in [5.74, 6) is 2.29. The SMILES string of the molecule is CCOc1ccc(/C=N\n2c(-c3ccc(OCC)cc3)n[nH]c2=S)cc1. The van der Waals surface area contributed by atoms with Gasteiger partial charge >= 0.3 is 0 Å². The third kappa shape index (κ3) is 4.18. The Morgan fingerprint density at radius 2 is 1.58 bits per heavy atom. The average molecular weight is 368 g/mol. The molecule has 1 heterocycles. The molecular weight excluding hydrogens is 348 g/mol. The highest BCUT2D eigenvalue weighted by Gasteiger charge is 2.08. The van der Waals surface area contributed by atoms with Gasteiger partial charge in [0.25, 0.3) is 0 Å². The molecule has 0 fully saturated rings. The van der Waals surface area contributed by atoms with E-state index in [2.05, 4.69) is 15.3 Å². The minimum Gasteiger partial charge on any atom is -0.494 e. The van der Waals surface area contributed by atoms with E-state index in [1.54, 1.807) is 10.9 Å². The normalized spacial score (nSPS) is 11.0. The Hall–Kier alpha value is -2.93. The molecule has 1 aromatic heterocycles. The summed E-state index contributed by atoms with van der Waals surface area (Å²) in [5.41, 5.74) is 1.83. The molecule has 0 aliphatic heterocycles. The Morgan fingerprint density at radius 1 is 1.00 bits per heavy atom. The largest absolute Gasteiger partial charge is 0.494 e. The van der Waals surface area contributed by atoms with Gasteiger partial charge < -0.3 is 9.47 Å². The molecule has 0 bridgehead atoms. The van der Waals surface area contributed by atoms with Gasteiger partial charge in [0.15, 0.2) is 5.82 Å². The summed E-state index contributed by atoms with van der Waals surface area (Å²) in [7, 11) is 0. The maximum absolute atomic E-state index is 5.47. The maximum Gasteiger partial charge on any atom is 0.216 e. The zero-order valence-corrected chi connectivity index (χ0v) is 15.5. The quantitative estimate of drug-likeness (QED) is 0.499. The van der Waals surface area contributed by atoms with E-state index in [9.17, 15) is 0 Å². The van der Waals surface area contributed by atoms with Crippen molar-refractivity contribution < 1.29 is 9.47 Å². The second-order valence-corrected chi connectivity index (χ2v) is 5.75. The minimum atomic E-state index is 0.427. The fourth-order valence-electron chi connectivity index (χ4n) is 2.39. The van der Waals surface area contributed by atoms with Crippen LogP contribution in [0.1, 0.15) is 19.4 Å². The van der Waals surface area contributed by atoms with Gasteiger partial charge in [-0.05, 0) is 80.2 Å². The first-order chi connectivity index (χ1) is 12.7. The molecule has 0 unspecified atom stereocenters. The van der Waals surface area contributed by atoms with Crippen molar-refractivity contribution in [3.05, 3.63) is 58.9 Å². The fourth-order valence-corrected chi connectivity index (χ4v) is 2.57. The number of aromatic amines is 1. The van der Waals surface area contributed by atoms with Crippen LogP contribution in [0.4, 0.5) is 0 Å². The zero-order valence-electron chi connectivity index (χ0n) is 14.7. The van der Waals surface area contributed by atoms with Crippen molar-refractivity contribution in [2.24, 2.45) is 5.10 Å². The fraction of sp³-hybridized carbons (Fsp3) is 0.211. The van der Waals surface area contributed by atoms with Crippen LogP contribution < -0.4 is 9.47 Å². The van der Waals surface area contributed by atoms with Gasteiger partial charge in [-0.3, -0.25) is 0 Å². The molecule has 3 aromatic rings. The molecule has 0 spiro atoms. The second-order valence-electron chi connectivity index (χ2n) is 5.37. The van der Waals surface area contributed by atoms with Crippen molar-refractivity contribution in [2.75, 3.05) is 13.2 Å². The molecule has 0 amide bonds. The van der Waals surface area contributed by atoms with E-state index in [4.69, 9.17) is 21.7 Å². The predicted molar refractivity (Wildman–Crippen MR) is 105 cm³/mol. The Bertz CT molecular complexity index is 927. The van der Waals surface area contributed by atoms with Gasteiger partial charge in [0.1, 0.15) is 11.5 Å². The standard InChI is InChI=1S/C19H20N4O2S/c1-3-24-16-9-5-14(6-10-16)13-20-23-18(21-22-19(23)26)15-7-11-17(12-8-15)25-4-2/h5-13H,3-4H2,1-2H3,(H,22,26)/b20-13-. The van der Waals surface area contributed by atoms with Crippen molar-refractivity contribution in [3.63, 3.8) is 0 Å². The van der Waals surface area contributed by atoms with Gasteiger partial charge in [-0.25, -0.2) is 5.10 Å². The van der Waals surface area contributed by atoms with Gasteiger partial charge in [-0.1, -0.05) is 0 Å². The van der Waals surface area contributed by atoms with E-state index in [1.807, 2.05) is 62.4 Å². The smallest absolute Gasteiger partial charge is 0.216 e. The molecular formula is C19H20N4O2S. The number of H-pyrrole nitrogens is 1. The molecule has 3 rings (SSSR count). The maximum atomic E-state index is 5.47. The van der Waals surface area contributed by atoms with Gasteiger partial charge in [0.05, 0.1) is 19.4 Å². The molecule has 0 saturated heterocycles. The number of rotatable bonds is 7. The number of aromatic nitrogens is 3. The van der Waals surface area contributed by atoms with Crippen molar-refractivity contribution >= 4 is 18.4 Å². The van der Waals surface area contributed by atoms with Gasteiger partial charge in [-0.15, -0.1) is 0 Å². The molecule has 0 aliphatic rings. The third-order valence-electron chi connectivity index (χ3n) is 3.59. The van der Waals surface area contributed by atoms with Gasteiger partial charge in [0, 0.05) is 5.56 Å². The number of ether oxygens (including phenoxy) is 2. The number of hydrogen-bond donors (Lipinski definition) is 1. The molecule has 0 aliphatic carbocycles. The van der Waals surface area contributed by atoms with E-state index in [0.29, 0.717) is 23.8 Å². The van der Waals surface area contributed by atoms with Crippen LogP contribution in [0.15, 0.2) is 53.6 Å². The van der Waals surface area contributed by atoms with Crippen molar-refractivity contribution in [2.45, 2.75) is 13.8 Å². The van der Waals surface area contributed by atoms with E-state index < -0.39 is 0 Å². The molecule has 6 nitrogen and oxygen atoms in total. The highest BCUT2D eigenvalue weighted by Crippen LogP contribution is 2.21. The molecule has 1 N–H and O–H groups in total. The van der Waals surface area contributed by atoms with E-state index in [0.717, 1.165) is 22.6 Å². The first-order valence-corrected chi connectivity index (χ1v) is 8.80. The highest BCUT2D eigenvalue weighted by molar-refractivity contribution is 7.71. The van der Waals surface area contributed by atoms with E-state index in [1.165, 1.54) is 0 Å². The number of hydrogen-bond acceptors (Lipinski definition) is 5. The summed E-state index contributed by atoms with van der Waals surface area (Å²) >= 11 is 5.30. The summed E-state index contributed by atoms with van der Waals surface area (Å²) in [6.07, 6.45) is 1.74. The average Bonchev–Trinajstić information content (AvgIpc) is 3.03. The lowest BCUT2D eigenvalue weighted by Crippen LogP contribution is -1.96. The number of benzene rings is 2. The number of nitrogens with zero attached hydrogens (tertiary/aromatic N) is 3. The van der Waals surface area contributed by atoms with Gasteiger partial charge in [-0.2, -0.15) is 14.9 Å². The summed E-state index contributed by atoms with van der Waals surface area (Å²) < 4.78 is 12.9. The van der Waals surface area contributed by atoms with E-state index in [-0.39, 0.29) is 0 Å². The van der Waals surface area contributed by atoms with Crippen LogP contribution >= 0.6 is 12.2 Å². The topological polar surface area (TPSA) is 64.4 Å². The Morgan fingerprint density at radius 3 is 2.15 bits per heavy atom. The molecule has 2 aromatic carbocycles. The highest BCUT2D eigenvalue weighted by atomic mass is 32.1. The summed E-state index contributed by atoms with van der Waals surface area (Å²) in [6, 6.07) is 15.4. The summed E-state index contributed by atoms with van der Waals surface area (Å²) in [5, 5.41) is 11.5. The number of nitrogens with one attached hydrogen (secondary N) is 1. The molecule has 134 valence electrons. The molecule has 0 radical (unpaired) electrons. The molecule has 0 saturated carbocycles. The van der Waals surface area contributed by atoms with Crippen LogP contribution in [0.3, 0.4) is 0 Å². The lowest BCUT2D eigenvalue weighted by atomic mass is 10.2. The van der Waals surface area contributed by atoms with Crippen LogP contribution in [0.25, 0.3) is 11.4 Å². The lowest BCUT2D eigenvalue weighted by molar-refractivity contribution is 0.340. The molecule has 7 heteroatoms. The first-order valence-electron chi connectivity index (χ1n) is 8.39. The van der Waals surface area contributed by atoms with Crippen LogP contribution in [0, 0.1) is 4.77 Å². The summed E-state index contributed by atoms with van der Waals surface area (Å²) in [4.78, 5) is 0. The second kappa shape index (κ2) is 8.44. The first kappa shape index (κ1) is 17.9. The van der Waals surface area contributed by atoms with Gasteiger partial charge in [0.2, 0.25) is 4.77 Å². The van der Waals surface area contributed by atoms with Crippen LogP contribution in [0.5, 0.6) is 11.5 Å². The van der Waals surface area contributed by atoms with Crippen LogP contribution in [0.2, 0.25) is 0 Å². The van der Waals surface area contributed by atoms with Crippen molar-refractivity contribution in [3.8, 4) is 22.9 Å². The monoisotopic (exact) mass is 368 g/mol. The third-order valence-corrected chi connectivity index (χ3v) is 3.85. The van der Waals surface area contributed by atoms with Crippen LogP contribution in [-0.4, -0.2) is 34.3 Å². The lowest BCUT2D eigenvalue weighted by Gasteiger charge is -2.05. The summed E-state index contributed by atoms with van der Waals surface area (Å²) in [6.45, 7) is 5.18. The zero-order chi connectivity index (χ0) is 18.4. The van der Waals surface area contributed by atoms with Crippen molar-refractivity contribution in [1.29, 1.82) is 0 Å². The Balaban J connectivity index is 1.84. The predicted octanol–water partition coefficient (Wildman–Crippen LogP) is 4.29. The molecule has 0 atom stereocenters.